The van der Waals surface area contributed by atoms with Crippen molar-refractivity contribution in [3.8, 4) is 5.75 Å². The van der Waals surface area contributed by atoms with Crippen molar-refractivity contribution in [2.45, 2.75) is 31.1 Å². The monoisotopic (exact) mass is 363 g/mol. The van der Waals surface area contributed by atoms with Gasteiger partial charge in [0.05, 0.1) is 0 Å². The van der Waals surface area contributed by atoms with Gasteiger partial charge in [-0.1, -0.05) is 38.8 Å². The highest BCUT2D eigenvalue weighted by Crippen LogP contribution is 2.15. The summed E-state index contributed by atoms with van der Waals surface area (Å²) in [6.07, 6.45) is 1.12. The fourth-order valence-electron chi connectivity index (χ4n) is 1.58. The number of ether oxygens (including phenoxy) is 1. The third-order valence-electron chi connectivity index (χ3n) is 2.36. The van der Waals surface area contributed by atoms with Crippen molar-refractivity contribution in [1.29, 1.82) is 0 Å². The molecule has 1 aromatic carbocycles. The van der Waals surface area contributed by atoms with Crippen LogP contribution in [0.4, 0.5) is 0 Å². The van der Waals surface area contributed by atoms with Crippen LogP contribution in [0.25, 0.3) is 0 Å². The van der Waals surface area contributed by atoms with Crippen LogP contribution in [0.2, 0.25) is 0 Å². The summed E-state index contributed by atoms with van der Waals surface area (Å²) in [5.41, 5.74) is 0. The molecular weight excluding hydrogens is 346 g/mol. The average Bonchev–Trinajstić information content (AvgIpc) is 2.26. The van der Waals surface area contributed by atoms with Gasteiger partial charge in [0.1, 0.15) is 12.4 Å². The zero-order chi connectivity index (χ0) is 12.7. The predicted octanol–water partition coefficient (Wildman–Crippen LogP) is 3.98. The fourth-order valence-corrected chi connectivity index (χ4v) is 2.40. The van der Waals surface area contributed by atoms with Gasteiger partial charge in [-0.3, -0.25) is 0 Å². The smallest absolute Gasteiger partial charge is 0.119 e. The molecule has 0 aliphatic carbocycles. The summed E-state index contributed by atoms with van der Waals surface area (Å²) in [5.74, 6) is 0.913. The summed E-state index contributed by atoms with van der Waals surface area (Å²) in [5, 5.41) is 3.43. The molecule has 0 bridgehead atoms. The van der Waals surface area contributed by atoms with E-state index in [2.05, 4.69) is 51.0 Å². The van der Waals surface area contributed by atoms with Crippen molar-refractivity contribution in [1.82, 2.24) is 5.32 Å². The Morgan fingerprint density at radius 1 is 1.24 bits per heavy atom. The second-order valence-corrected chi connectivity index (χ2v) is 6.65. The minimum atomic E-state index is 0.512. The van der Waals surface area contributed by atoms with E-state index in [1.54, 1.807) is 0 Å². The molecule has 0 saturated carbocycles. The van der Waals surface area contributed by atoms with Gasteiger partial charge in [-0.2, -0.15) is 0 Å². The lowest BCUT2D eigenvalue weighted by atomic mass is 10.2. The Kier molecular flexibility index (Phi) is 7.16. The van der Waals surface area contributed by atoms with E-state index in [1.165, 1.54) is 0 Å². The molecule has 0 fully saturated rings. The van der Waals surface area contributed by atoms with Crippen molar-refractivity contribution in [3.05, 3.63) is 28.7 Å². The van der Waals surface area contributed by atoms with E-state index >= 15 is 0 Å². The van der Waals surface area contributed by atoms with Gasteiger partial charge in [0, 0.05) is 21.9 Å². The Balaban J connectivity index is 2.13. The van der Waals surface area contributed by atoms with Crippen molar-refractivity contribution in [2.75, 3.05) is 13.2 Å². The van der Waals surface area contributed by atoms with E-state index in [9.17, 15) is 0 Å². The summed E-state index contributed by atoms with van der Waals surface area (Å²) in [6.45, 7) is 5.92. The SMILES string of the molecule is CC(Br)CC(C)NCCOc1ccc(Br)cc1. The van der Waals surface area contributed by atoms with Crippen LogP contribution < -0.4 is 10.1 Å². The quantitative estimate of drug-likeness (QED) is 0.583. The first-order valence-electron chi connectivity index (χ1n) is 5.83. The lowest BCUT2D eigenvalue weighted by molar-refractivity contribution is 0.305. The van der Waals surface area contributed by atoms with Crippen molar-refractivity contribution in [2.24, 2.45) is 0 Å². The Morgan fingerprint density at radius 3 is 2.47 bits per heavy atom. The number of halogens is 2. The van der Waals surface area contributed by atoms with Crippen LogP contribution in [0.1, 0.15) is 20.3 Å². The third kappa shape index (κ3) is 7.06. The Hall–Kier alpha value is -0.0600. The summed E-state index contributed by atoms with van der Waals surface area (Å²) in [7, 11) is 0. The lowest BCUT2D eigenvalue weighted by Gasteiger charge is -2.15. The predicted molar refractivity (Wildman–Crippen MR) is 80.1 cm³/mol. The van der Waals surface area contributed by atoms with Crippen LogP contribution in [0.5, 0.6) is 5.75 Å². The van der Waals surface area contributed by atoms with Gasteiger partial charge < -0.3 is 10.1 Å². The molecule has 0 heterocycles. The standard InChI is InChI=1S/C13H19Br2NO/c1-10(14)9-11(2)16-7-8-17-13-5-3-12(15)4-6-13/h3-6,10-11,16H,7-9H2,1-2H3. The summed E-state index contributed by atoms with van der Waals surface area (Å²) < 4.78 is 6.69. The molecule has 96 valence electrons. The molecule has 17 heavy (non-hydrogen) atoms. The van der Waals surface area contributed by atoms with Gasteiger partial charge in [-0.25, -0.2) is 0 Å². The van der Waals surface area contributed by atoms with Gasteiger partial charge in [0.15, 0.2) is 0 Å². The van der Waals surface area contributed by atoms with E-state index < -0.39 is 0 Å². The molecule has 4 heteroatoms. The Morgan fingerprint density at radius 2 is 1.88 bits per heavy atom. The highest BCUT2D eigenvalue weighted by molar-refractivity contribution is 9.10. The number of rotatable bonds is 7. The summed E-state index contributed by atoms with van der Waals surface area (Å²) in [6, 6.07) is 8.41. The van der Waals surface area contributed by atoms with E-state index in [1.807, 2.05) is 24.3 Å². The Labute approximate surface area is 120 Å². The molecule has 2 nitrogen and oxygen atoms in total. The van der Waals surface area contributed by atoms with E-state index in [-0.39, 0.29) is 0 Å². The molecule has 0 aromatic heterocycles. The summed E-state index contributed by atoms with van der Waals surface area (Å²) >= 11 is 6.95. The van der Waals surface area contributed by atoms with E-state index in [4.69, 9.17) is 4.74 Å². The first kappa shape index (κ1) is 15.0. The van der Waals surface area contributed by atoms with Crippen LogP contribution in [0.3, 0.4) is 0 Å². The second-order valence-electron chi connectivity index (χ2n) is 4.17. The zero-order valence-corrected chi connectivity index (χ0v) is 13.4. The maximum Gasteiger partial charge on any atom is 0.119 e. The van der Waals surface area contributed by atoms with Crippen LogP contribution in [0, 0.1) is 0 Å². The van der Waals surface area contributed by atoms with Gasteiger partial charge >= 0.3 is 0 Å². The largest absolute Gasteiger partial charge is 0.492 e. The molecule has 0 amide bonds. The molecule has 0 aliphatic rings. The van der Waals surface area contributed by atoms with Gasteiger partial charge in [-0.15, -0.1) is 0 Å². The number of nitrogens with one attached hydrogen (secondary N) is 1. The summed E-state index contributed by atoms with van der Waals surface area (Å²) in [4.78, 5) is 0.553. The molecule has 0 radical (unpaired) electrons. The molecule has 2 unspecified atom stereocenters. The molecule has 0 aliphatic heterocycles. The van der Waals surface area contributed by atoms with E-state index in [0.717, 1.165) is 23.2 Å². The van der Waals surface area contributed by atoms with Crippen molar-refractivity contribution < 1.29 is 4.74 Å². The molecule has 0 spiro atoms. The third-order valence-corrected chi connectivity index (χ3v) is 3.26. The van der Waals surface area contributed by atoms with E-state index in [0.29, 0.717) is 17.5 Å². The molecule has 2 atom stereocenters. The number of hydrogen-bond acceptors (Lipinski definition) is 2. The molecule has 0 saturated heterocycles. The average molecular weight is 365 g/mol. The molecule has 1 N–H and O–H groups in total. The number of benzene rings is 1. The number of alkyl halides is 1. The normalized spacial score (nSPS) is 14.4. The Bertz CT molecular complexity index is 314. The topological polar surface area (TPSA) is 21.3 Å². The molecule has 1 aromatic rings. The zero-order valence-electron chi connectivity index (χ0n) is 10.2. The highest BCUT2D eigenvalue weighted by Gasteiger charge is 2.04. The molecular formula is C13H19Br2NO. The van der Waals surface area contributed by atoms with Gasteiger partial charge in [0.2, 0.25) is 0 Å². The van der Waals surface area contributed by atoms with Crippen molar-refractivity contribution >= 4 is 31.9 Å². The van der Waals surface area contributed by atoms with Crippen LogP contribution in [0.15, 0.2) is 28.7 Å². The maximum absolute atomic E-state index is 5.62. The van der Waals surface area contributed by atoms with Gasteiger partial charge in [-0.05, 0) is 37.6 Å². The maximum atomic E-state index is 5.62. The first-order chi connectivity index (χ1) is 8.08. The van der Waals surface area contributed by atoms with Crippen LogP contribution >= 0.6 is 31.9 Å². The van der Waals surface area contributed by atoms with Gasteiger partial charge in [0.25, 0.3) is 0 Å². The van der Waals surface area contributed by atoms with Crippen LogP contribution in [-0.2, 0) is 0 Å². The first-order valence-corrected chi connectivity index (χ1v) is 7.54. The lowest BCUT2D eigenvalue weighted by Crippen LogP contribution is -2.31. The minimum Gasteiger partial charge on any atom is -0.492 e. The highest BCUT2D eigenvalue weighted by atomic mass is 79.9. The number of hydrogen-bond donors (Lipinski definition) is 1. The van der Waals surface area contributed by atoms with Crippen LogP contribution in [-0.4, -0.2) is 24.0 Å². The second kappa shape index (κ2) is 8.11. The molecule has 1 rings (SSSR count). The minimum absolute atomic E-state index is 0.512. The van der Waals surface area contributed by atoms with Crippen molar-refractivity contribution in [3.63, 3.8) is 0 Å². The fraction of sp³-hybridized carbons (Fsp3) is 0.538.